The third-order valence-electron chi connectivity index (χ3n) is 3.40. The smallest absolute Gasteiger partial charge is 0.124 e. The maximum absolute atomic E-state index is 13.5. The predicted molar refractivity (Wildman–Crippen MR) is 85.8 cm³/mol. The van der Waals surface area contributed by atoms with Crippen LogP contribution in [-0.2, 0) is 6.42 Å². The summed E-state index contributed by atoms with van der Waals surface area (Å²) in [5, 5.41) is 4.03. The molecule has 0 saturated carbocycles. The van der Waals surface area contributed by atoms with Gasteiger partial charge in [0.25, 0.3) is 0 Å². The van der Waals surface area contributed by atoms with Crippen molar-refractivity contribution in [3.63, 3.8) is 0 Å². The first-order valence-electron chi connectivity index (χ1n) is 6.38. The molecule has 0 bridgehead atoms. The Labute approximate surface area is 132 Å². The highest BCUT2D eigenvalue weighted by Crippen LogP contribution is 2.27. The van der Waals surface area contributed by atoms with Gasteiger partial charge in [0.15, 0.2) is 0 Å². The van der Waals surface area contributed by atoms with Gasteiger partial charge in [-0.1, -0.05) is 39.7 Å². The molecule has 0 aliphatic rings. The molecule has 106 valence electrons. The molecule has 0 aliphatic heterocycles. The van der Waals surface area contributed by atoms with Gasteiger partial charge in [0.2, 0.25) is 0 Å². The number of halogens is 3. The first-order valence-corrected chi connectivity index (χ1v) is 7.55. The van der Waals surface area contributed by atoms with Crippen molar-refractivity contribution in [1.82, 2.24) is 5.32 Å². The molecule has 0 spiro atoms. The molecule has 0 fully saturated rings. The quantitative estimate of drug-likeness (QED) is 0.808. The summed E-state index contributed by atoms with van der Waals surface area (Å²) in [6, 6.07) is 10.9. The lowest BCUT2D eigenvalue weighted by molar-refractivity contribution is 0.581. The topological polar surface area (TPSA) is 12.0 Å². The lowest BCUT2D eigenvalue weighted by Gasteiger charge is -2.20. The van der Waals surface area contributed by atoms with Crippen LogP contribution in [-0.4, -0.2) is 7.05 Å². The molecular weight excluding hydrogens is 341 g/mol. The molecule has 20 heavy (non-hydrogen) atoms. The molecule has 1 N–H and O–H groups in total. The highest BCUT2D eigenvalue weighted by Gasteiger charge is 2.14. The Kier molecular flexibility index (Phi) is 5.19. The lowest BCUT2D eigenvalue weighted by atomic mass is 9.95. The van der Waals surface area contributed by atoms with Crippen molar-refractivity contribution < 1.29 is 4.39 Å². The van der Waals surface area contributed by atoms with E-state index in [0.29, 0.717) is 6.42 Å². The van der Waals surface area contributed by atoms with Crippen LogP contribution < -0.4 is 5.32 Å². The minimum atomic E-state index is -0.230. The molecule has 0 saturated heterocycles. The monoisotopic (exact) mass is 355 g/mol. The van der Waals surface area contributed by atoms with Gasteiger partial charge in [0, 0.05) is 15.5 Å². The zero-order valence-electron chi connectivity index (χ0n) is 11.4. The number of likely N-dealkylation sites (N-methyl/N-ethyl adjacent to an activating group) is 1. The van der Waals surface area contributed by atoms with Crippen molar-refractivity contribution >= 4 is 27.5 Å². The predicted octanol–water partition coefficient (Wildman–Crippen LogP) is 5.05. The molecule has 0 radical (unpaired) electrons. The summed E-state index contributed by atoms with van der Waals surface area (Å²) in [5.41, 5.74) is 3.14. The third-order valence-corrected chi connectivity index (χ3v) is 4.26. The molecular formula is C16H16BrClFN. The van der Waals surface area contributed by atoms with E-state index in [4.69, 9.17) is 11.6 Å². The van der Waals surface area contributed by atoms with E-state index in [1.807, 2.05) is 32.2 Å². The van der Waals surface area contributed by atoms with Crippen LogP contribution in [0.3, 0.4) is 0 Å². The summed E-state index contributed by atoms with van der Waals surface area (Å²) in [6.07, 6.45) is 0.702. The highest BCUT2D eigenvalue weighted by atomic mass is 79.9. The van der Waals surface area contributed by atoms with Crippen LogP contribution in [0.4, 0.5) is 4.39 Å². The SMILES string of the molecule is CNC(Cc1cc(F)cc(Br)c1)c1cccc(Cl)c1C. The Morgan fingerprint density at radius 2 is 2.05 bits per heavy atom. The average molecular weight is 357 g/mol. The average Bonchev–Trinajstić information content (AvgIpc) is 2.38. The molecule has 0 aromatic heterocycles. The molecule has 0 amide bonds. The molecule has 2 aromatic rings. The van der Waals surface area contributed by atoms with Gasteiger partial charge in [-0.2, -0.15) is 0 Å². The van der Waals surface area contributed by atoms with Gasteiger partial charge in [-0.25, -0.2) is 4.39 Å². The van der Waals surface area contributed by atoms with Gasteiger partial charge in [-0.15, -0.1) is 0 Å². The van der Waals surface area contributed by atoms with Crippen LogP contribution in [0.25, 0.3) is 0 Å². The Hall–Kier alpha value is -0.900. The number of nitrogens with one attached hydrogen (secondary N) is 1. The van der Waals surface area contributed by atoms with Crippen LogP contribution in [0.2, 0.25) is 5.02 Å². The van der Waals surface area contributed by atoms with E-state index in [1.165, 1.54) is 6.07 Å². The van der Waals surface area contributed by atoms with E-state index in [0.717, 1.165) is 26.2 Å². The van der Waals surface area contributed by atoms with Crippen LogP contribution in [0.15, 0.2) is 40.9 Å². The van der Waals surface area contributed by atoms with Crippen LogP contribution in [0.5, 0.6) is 0 Å². The van der Waals surface area contributed by atoms with Crippen LogP contribution in [0.1, 0.15) is 22.7 Å². The molecule has 1 unspecified atom stereocenters. The van der Waals surface area contributed by atoms with Crippen molar-refractivity contribution in [3.8, 4) is 0 Å². The Bertz CT molecular complexity index is 595. The van der Waals surface area contributed by atoms with Crippen LogP contribution >= 0.6 is 27.5 Å². The summed E-state index contributed by atoms with van der Waals surface area (Å²) >= 11 is 9.50. The van der Waals surface area contributed by atoms with Gasteiger partial charge >= 0.3 is 0 Å². The van der Waals surface area contributed by atoms with E-state index in [9.17, 15) is 4.39 Å². The van der Waals surface area contributed by atoms with Gasteiger partial charge in [-0.05, 0) is 61.3 Å². The maximum atomic E-state index is 13.5. The molecule has 0 heterocycles. The van der Waals surface area contributed by atoms with Crippen molar-refractivity contribution in [3.05, 3.63) is 68.4 Å². The molecule has 1 nitrogen and oxygen atoms in total. The number of hydrogen-bond acceptors (Lipinski definition) is 1. The largest absolute Gasteiger partial charge is 0.313 e. The van der Waals surface area contributed by atoms with E-state index in [-0.39, 0.29) is 11.9 Å². The molecule has 2 rings (SSSR count). The van der Waals surface area contributed by atoms with Gasteiger partial charge in [0.05, 0.1) is 0 Å². The maximum Gasteiger partial charge on any atom is 0.124 e. The fraction of sp³-hybridized carbons (Fsp3) is 0.250. The minimum absolute atomic E-state index is 0.0994. The van der Waals surface area contributed by atoms with Crippen molar-refractivity contribution in [1.29, 1.82) is 0 Å². The summed E-state index contributed by atoms with van der Waals surface area (Å²) in [4.78, 5) is 0. The third kappa shape index (κ3) is 3.60. The van der Waals surface area contributed by atoms with Crippen molar-refractivity contribution in [2.24, 2.45) is 0 Å². The molecule has 4 heteroatoms. The number of benzene rings is 2. The van der Waals surface area contributed by atoms with Crippen molar-refractivity contribution in [2.75, 3.05) is 7.05 Å². The summed E-state index contributed by atoms with van der Waals surface area (Å²) < 4.78 is 14.2. The van der Waals surface area contributed by atoms with E-state index in [1.54, 1.807) is 6.07 Å². The first-order chi connectivity index (χ1) is 9.51. The fourth-order valence-electron chi connectivity index (χ4n) is 2.33. The second kappa shape index (κ2) is 6.70. The highest BCUT2D eigenvalue weighted by molar-refractivity contribution is 9.10. The van der Waals surface area contributed by atoms with E-state index in [2.05, 4.69) is 27.3 Å². The summed E-state index contributed by atoms with van der Waals surface area (Å²) in [7, 11) is 1.90. The second-order valence-corrected chi connectivity index (χ2v) is 6.10. The minimum Gasteiger partial charge on any atom is -0.313 e. The van der Waals surface area contributed by atoms with Gasteiger partial charge in [-0.3, -0.25) is 0 Å². The van der Waals surface area contributed by atoms with E-state index < -0.39 is 0 Å². The Morgan fingerprint density at radius 3 is 2.70 bits per heavy atom. The first kappa shape index (κ1) is 15.5. The van der Waals surface area contributed by atoms with Gasteiger partial charge in [0.1, 0.15) is 5.82 Å². The fourth-order valence-corrected chi connectivity index (χ4v) is 3.03. The van der Waals surface area contributed by atoms with Gasteiger partial charge < -0.3 is 5.32 Å². The van der Waals surface area contributed by atoms with E-state index >= 15 is 0 Å². The molecule has 2 aromatic carbocycles. The summed E-state index contributed by atoms with van der Waals surface area (Å²) in [5.74, 6) is -0.230. The summed E-state index contributed by atoms with van der Waals surface area (Å²) in [6.45, 7) is 2.00. The van der Waals surface area contributed by atoms with Crippen LogP contribution in [0, 0.1) is 12.7 Å². The Morgan fingerprint density at radius 1 is 1.30 bits per heavy atom. The molecule has 1 atom stereocenters. The number of rotatable bonds is 4. The lowest BCUT2D eigenvalue weighted by Crippen LogP contribution is -2.20. The van der Waals surface area contributed by atoms with Crippen molar-refractivity contribution in [2.45, 2.75) is 19.4 Å². The second-order valence-electron chi connectivity index (χ2n) is 4.78. The number of hydrogen-bond donors (Lipinski definition) is 1. The normalized spacial score (nSPS) is 12.4. The Balaban J connectivity index is 2.31. The molecule has 0 aliphatic carbocycles. The zero-order valence-corrected chi connectivity index (χ0v) is 13.7. The zero-order chi connectivity index (χ0) is 14.7. The standard InChI is InChI=1S/C16H16BrClFN/c1-10-14(4-3-5-15(10)18)16(20-2)8-11-6-12(17)9-13(19)7-11/h3-7,9,16,20H,8H2,1-2H3.